The van der Waals surface area contributed by atoms with Gasteiger partial charge in [-0.25, -0.2) is 0 Å². The molecule has 1 unspecified atom stereocenters. The van der Waals surface area contributed by atoms with Crippen LogP contribution in [0.5, 0.6) is 0 Å². The lowest BCUT2D eigenvalue weighted by molar-refractivity contribution is -0.141. The third-order valence-corrected chi connectivity index (χ3v) is 3.98. The number of rotatable bonds is 2. The van der Waals surface area contributed by atoms with Crippen LogP contribution < -0.4 is 0 Å². The number of amides is 1. The van der Waals surface area contributed by atoms with E-state index in [1.165, 1.54) is 10.9 Å². The highest BCUT2D eigenvalue weighted by Gasteiger charge is 2.35. The summed E-state index contributed by atoms with van der Waals surface area (Å²) in [6, 6.07) is 9.63. The number of nitrogens with zero attached hydrogens (tertiary/aromatic N) is 3. The van der Waals surface area contributed by atoms with Gasteiger partial charge in [0.2, 0.25) is 0 Å². The maximum Gasteiger partial charge on any atom is 0.435 e. The lowest BCUT2D eigenvalue weighted by Crippen LogP contribution is -2.40. The van der Waals surface area contributed by atoms with Gasteiger partial charge in [-0.2, -0.15) is 18.3 Å². The Bertz CT molecular complexity index is 681. The Morgan fingerprint density at radius 2 is 1.91 bits per heavy atom. The Morgan fingerprint density at radius 3 is 2.57 bits per heavy atom. The Morgan fingerprint density at radius 1 is 1.17 bits per heavy atom. The summed E-state index contributed by atoms with van der Waals surface area (Å²) < 4.78 is 39.3. The molecule has 2 heterocycles. The fraction of sp³-hybridized carbons (Fsp3) is 0.375. The summed E-state index contributed by atoms with van der Waals surface area (Å²) in [5, 5.41) is 3.63. The van der Waals surface area contributed by atoms with Gasteiger partial charge in [-0.3, -0.25) is 9.48 Å². The normalized spacial score (nSPS) is 18.9. The average Bonchev–Trinajstić information content (AvgIpc) is 3.05. The van der Waals surface area contributed by atoms with E-state index in [9.17, 15) is 18.0 Å². The maximum absolute atomic E-state index is 12.7. The van der Waals surface area contributed by atoms with Crippen molar-refractivity contribution < 1.29 is 18.0 Å². The van der Waals surface area contributed by atoms with Crippen molar-refractivity contribution in [3.05, 3.63) is 53.9 Å². The van der Waals surface area contributed by atoms with Crippen molar-refractivity contribution in [3.63, 3.8) is 0 Å². The predicted octanol–water partition coefficient (Wildman–Crippen LogP) is 3.38. The third kappa shape index (κ3) is 3.38. The molecule has 1 saturated heterocycles. The molecule has 3 rings (SSSR count). The van der Waals surface area contributed by atoms with Gasteiger partial charge in [0.25, 0.3) is 5.91 Å². The second-order valence-electron chi connectivity index (χ2n) is 5.59. The van der Waals surface area contributed by atoms with Gasteiger partial charge in [0, 0.05) is 24.8 Å². The van der Waals surface area contributed by atoms with E-state index >= 15 is 0 Å². The van der Waals surface area contributed by atoms with Gasteiger partial charge in [-0.1, -0.05) is 18.2 Å². The van der Waals surface area contributed by atoms with Crippen LogP contribution in [0.3, 0.4) is 0 Å². The minimum atomic E-state index is -4.44. The molecule has 2 aromatic rings. The van der Waals surface area contributed by atoms with Crippen LogP contribution in [0.2, 0.25) is 0 Å². The standard InChI is InChI=1S/C16H16F3N3O/c17-16(18,19)14-8-10-22(20-14)13-7-4-9-21(11-13)15(23)12-5-2-1-3-6-12/h1-3,5-6,8,10,13H,4,7,9,11H2. The summed E-state index contributed by atoms with van der Waals surface area (Å²) in [5.41, 5.74) is -0.311. The van der Waals surface area contributed by atoms with Gasteiger partial charge in [-0.15, -0.1) is 0 Å². The van der Waals surface area contributed by atoms with E-state index in [4.69, 9.17) is 0 Å². The number of likely N-dealkylation sites (tertiary alicyclic amines) is 1. The third-order valence-electron chi connectivity index (χ3n) is 3.98. The van der Waals surface area contributed by atoms with E-state index in [0.717, 1.165) is 12.5 Å². The van der Waals surface area contributed by atoms with Crippen molar-refractivity contribution in [1.29, 1.82) is 0 Å². The van der Waals surface area contributed by atoms with Gasteiger partial charge in [0.1, 0.15) is 0 Å². The van der Waals surface area contributed by atoms with Gasteiger partial charge < -0.3 is 4.90 Å². The fourth-order valence-corrected chi connectivity index (χ4v) is 2.81. The molecule has 1 aromatic carbocycles. The maximum atomic E-state index is 12.7. The molecule has 1 atom stereocenters. The molecule has 0 spiro atoms. The smallest absolute Gasteiger partial charge is 0.337 e. The molecule has 4 nitrogen and oxygen atoms in total. The molecule has 1 fully saturated rings. The number of aromatic nitrogens is 2. The number of alkyl halides is 3. The number of piperidine rings is 1. The van der Waals surface area contributed by atoms with E-state index in [1.54, 1.807) is 29.2 Å². The molecular formula is C16H16F3N3O. The van der Waals surface area contributed by atoms with E-state index in [2.05, 4.69) is 5.10 Å². The van der Waals surface area contributed by atoms with Crippen molar-refractivity contribution in [2.24, 2.45) is 0 Å². The van der Waals surface area contributed by atoms with Gasteiger partial charge in [-0.05, 0) is 31.0 Å². The molecular weight excluding hydrogens is 307 g/mol. The first kappa shape index (κ1) is 15.6. The molecule has 0 bridgehead atoms. The number of hydrogen-bond acceptors (Lipinski definition) is 2. The molecule has 0 radical (unpaired) electrons. The monoisotopic (exact) mass is 323 g/mol. The average molecular weight is 323 g/mol. The molecule has 1 aliphatic rings. The van der Waals surface area contributed by atoms with E-state index in [-0.39, 0.29) is 11.9 Å². The minimum absolute atomic E-state index is 0.0986. The highest BCUT2D eigenvalue weighted by Crippen LogP contribution is 2.29. The van der Waals surface area contributed by atoms with Crippen molar-refractivity contribution >= 4 is 5.91 Å². The molecule has 1 aromatic heterocycles. The minimum Gasteiger partial charge on any atom is -0.337 e. The van der Waals surface area contributed by atoms with E-state index in [0.29, 0.717) is 25.1 Å². The van der Waals surface area contributed by atoms with Crippen LogP contribution in [0.15, 0.2) is 42.6 Å². The Labute approximate surface area is 131 Å². The van der Waals surface area contributed by atoms with Crippen LogP contribution in [-0.4, -0.2) is 33.7 Å². The highest BCUT2D eigenvalue weighted by molar-refractivity contribution is 5.94. The SMILES string of the molecule is O=C(c1ccccc1)N1CCCC(n2ccc(C(F)(F)F)n2)C1. The Kier molecular flexibility index (Phi) is 4.11. The zero-order chi connectivity index (χ0) is 16.4. The van der Waals surface area contributed by atoms with E-state index < -0.39 is 11.9 Å². The van der Waals surface area contributed by atoms with Crippen LogP contribution in [0.1, 0.15) is 34.9 Å². The molecule has 0 saturated carbocycles. The molecule has 0 N–H and O–H groups in total. The van der Waals surface area contributed by atoms with Gasteiger partial charge in [0.05, 0.1) is 6.04 Å². The molecule has 1 amide bonds. The summed E-state index contributed by atoms with van der Waals surface area (Å²) in [7, 11) is 0. The molecule has 23 heavy (non-hydrogen) atoms. The van der Waals surface area contributed by atoms with Crippen molar-refractivity contribution in [2.75, 3.05) is 13.1 Å². The fourth-order valence-electron chi connectivity index (χ4n) is 2.81. The van der Waals surface area contributed by atoms with Crippen LogP contribution in [0.25, 0.3) is 0 Å². The van der Waals surface area contributed by atoms with Crippen molar-refractivity contribution in [3.8, 4) is 0 Å². The van der Waals surface area contributed by atoms with Crippen LogP contribution in [0, 0.1) is 0 Å². The van der Waals surface area contributed by atoms with Gasteiger partial charge in [0.15, 0.2) is 5.69 Å². The number of carbonyl (C=O) groups excluding carboxylic acids is 1. The molecule has 0 aliphatic carbocycles. The second kappa shape index (κ2) is 6.06. The predicted molar refractivity (Wildman–Crippen MR) is 77.8 cm³/mol. The first-order chi connectivity index (χ1) is 10.9. The Balaban J connectivity index is 1.73. The van der Waals surface area contributed by atoms with Crippen LogP contribution in [-0.2, 0) is 6.18 Å². The quantitative estimate of drug-likeness (QED) is 0.850. The number of carbonyl (C=O) groups is 1. The van der Waals surface area contributed by atoms with Crippen molar-refractivity contribution in [1.82, 2.24) is 14.7 Å². The first-order valence-corrected chi connectivity index (χ1v) is 7.42. The van der Waals surface area contributed by atoms with Gasteiger partial charge >= 0.3 is 6.18 Å². The number of benzene rings is 1. The Hall–Kier alpha value is -2.31. The number of hydrogen-bond donors (Lipinski definition) is 0. The summed E-state index contributed by atoms with van der Waals surface area (Å²) >= 11 is 0. The largest absolute Gasteiger partial charge is 0.435 e. The second-order valence-corrected chi connectivity index (χ2v) is 5.59. The van der Waals surface area contributed by atoms with Crippen LogP contribution in [0.4, 0.5) is 13.2 Å². The number of halogens is 3. The van der Waals surface area contributed by atoms with Crippen LogP contribution >= 0.6 is 0 Å². The molecule has 7 heteroatoms. The molecule has 122 valence electrons. The van der Waals surface area contributed by atoms with E-state index in [1.807, 2.05) is 6.07 Å². The topological polar surface area (TPSA) is 38.1 Å². The summed E-state index contributed by atoms with van der Waals surface area (Å²) in [6.07, 6.45) is -1.66. The summed E-state index contributed by atoms with van der Waals surface area (Å²) in [6.45, 7) is 0.977. The highest BCUT2D eigenvalue weighted by atomic mass is 19.4. The zero-order valence-corrected chi connectivity index (χ0v) is 12.3. The first-order valence-electron chi connectivity index (χ1n) is 7.42. The lowest BCUT2D eigenvalue weighted by atomic mass is 10.0. The lowest BCUT2D eigenvalue weighted by Gasteiger charge is -2.33. The summed E-state index contributed by atoms with van der Waals surface area (Å²) in [4.78, 5) is 14.1. The molecule has 1 aliphatic heterocycles. The van der Waals surface area contributed by atoms with Crippen molar-refractivity contribution in [2.45, 2.75) is 25.1 Å². The summed E-state index contributed by atoms with van der Waals surface area (Å²) in [5.74, 6) is -0.0986. The zero-order valence-electron chi connectivity index (χ0n) is 12.3.